The maximum absolute atomic E-state index is 13.7. The minimum Gasteiger partial charge on any atom is -0.339 e. The first-order chi connectivity index (χ1) is 14.9. The second-order valence-corrected chi connectivity index (χ2v) is 8.47. The predicted molar refractivity (Wildman–Crippen MR) is 113 cm³/mol. The molecule has 0 atom stereocenters. The Morgan fingerprint density at radius 3 is 2.58 bits per heavy atom. The lowest BCUT2D eigenvalue weighted by Crippen LogP contribution is -2.37. The van der Waals surface area contributed by atoms with Gasteiger partial charge in [0, 0.05) is 30.6 Å². The molecule has 2 aromatic carbocycles. The third-order valence-electron chi connectivity index (χ3n) is 5.21. The van der Waals surface area contributed by atoms with Crippen molar-refractivity contribution >= 4 is 28.8 Å². The van der Waals surface area contributed by atoms with E-state index in [1.807, 2.05) is 36.1 Å². The molecule has 1 fully saturated rings. The smallest absolute Gasteiger partial charge is 0.286 e. The van der Waals surface area contributed by atoms with E-state index in [1.165, 1.54) is 0 Å². The number of amides is 2. The van der Waals surface area contributed by atoms with Crippen molar-refractivity contribution in [2.45, 2.75) is 25.7 Å². The molecule has 160 valence electrons. The van der Waals surface area contributed by atoms with E-state index in [2.05, 4.69) is 15.5 Å². The van der Waals surface area contributed by atoms with Gasteiger partial charge in [-0.3, -0.25) is 9.59 Å². The van der Waals surface area contributed by atoms with Gasteiger partial charge in [-0.25, -0.2) is 8.78 Å². The Balaban J connectivity index is 1.36. The van der Waals surface area contributed by atoms with Gasteiger partial charge in [0.05, 0.1) is 5.69 Å². The molecule has 4 rings (SSSR count). The first-order valence-electron chi connectivity index (χ1n) is 9.86. The van der Waals surface area contributed by atoms with Crippen LogP contribution in [0.4, 0.5) is 14.5 Å². The van der Waals surface area contributed by atoms with E-state index in [9.17, 15) is 18.4 Å². The molecule has 2 amide bonds. The molecule has 0 bridgehead atoms. The summed E-state index contributed by atoms with van der Waals surface area (Å²) in [6.45, 7) is 3.15. The second kappa shape index (κ2) is 8.89. The summed E-state index contributed by atoms with van der Waals surface area (Å²) in [4.78, 5) is 26.9. The lowest BCUT2D eigenvalue weighted by atomic mass is 9.97. The van der Waals surface area contributed by atoms with Gasteiger partial charge < -0.3 is 10.2 Å². The first-order valence-corrected chi connectivity index (χ1v) is 10.7. The molecule has 0 aliphatic carbocycles. The largest absolute Gasteiger partial charge is 0.339 e. The van der Waals surface area contributed by atoms with Gasteiger partial charge in [0.2, 0.25) is 5.01 Å². The molecular formula is C22H20F2N4O2S. The first kappa shape index (κ1) is 21.0. The van der Waals surface area contributed by atoms with Crippen molar-refractivity contribution in [3.63, 3.8) is 0 Å². The molecule has 31 heavy (non-hydrogen) atoms. The number of carbonyl (C=O) groups is 2. The average Bonchev–Trinajstić information content (AvgIpc) is 3.26. The quantitative estimate of drug-likeness (QED) is 0.650. The number of nitrogens with one attached hydrogen (secondary N) is 1. The maximum Gasteiger partial charge on any atom is 0.286 e. The molecule has 1 N–H and O–H groups in total. The summed E-state index contributed by atoms with van der Waals surface area (Å²) in [6, 6.07) is 10.5. The molecule has 1 aromatic heterocycles. The number of anilines is 1. The number of piperidine rings is 1. The van der Waals surface area contributed by atoms with Crippen molar-refractivity contribution in [1.82, 2.24) is 15.1 Å². The van der Waals surface area contributed by atoms with Crippen molar-refractivity contribution in [2.75, 3.05) is 18.4 Å². The summed E-state index contributed by atoms with van der Waals surface area (Å²) in [6.07, 6.45) is 1.45. The number of aryl methyl sites for hydroxylation is 1. The zero-order valence-corrected chi connectivity index (χ0v) is 17.6. The van der Waals surface area contributed by atoms with Crippen LogP contribution in [0.5, 0.6) is 0 Å². The van der Waals surface area contributed by atoms with Gasteiger partial charge in [0.15, 0.2) is 0 Å². The van der Waals surface area contributed by atoms with Crippen LogP contribution in [-0.2, 0) is 0 Å². The standard InChI is InChI=1S/C22H20F2N4O2S/c1-13-3-2-4-15(11-13)22(30)28-9-7-14(8-10-28)20-26-27-21(31-20)19(29)25-18-6-5-16(23)12-17(18)24/h2-6,11-12,14H,7-10H2,1H3,(H,25,29). The SMILES string of the molecule is Cc1cccc(C(=O)N2CCC(c3nnc(C(=O)Nc4ccc(F)cc4F)s3)CC2)c1. The van der Waals surface area contributed by atoms with Gasteiger partial charge >= 0.3 is 0 Å². The number of halogens is 2. The summed E-state index contributed by atoms with van der Waals surface area (Å²) >= 11 is 1.15. The zero-order chi connectivity index (χ0) is 22.0. The molecule has 6 nitrogen and oxygen atoms in total. The summed E-state index contributed by atoms with van der Waals surface area (Å²) < 4.78 is 26.8. The van der Waals surface area contributed by atoms with Crippen LogP contribution >= 0.6 is 11.3 Å². The molecular weight excluding hydrogens is 422 g/mol. The van der Waals surface area contributed by atoms with Gasteiger partial charge in [-0.05, 0) is 44.0 Å². The Hall–Kier alpha value is -3.20. The van der Waals surface area contributed by atoms with E-state index in [0.29, 0.717) is 29.7 Å². The van der Waals surface area contributed by atoms with Crippen LogP contribution in [0.3, 0.4) is 0 Å². The summed E-state index contributed by atoms with van der Waals surface area (Å²) in [7, 11) is 0. The Labute approximate surface area is 181 Å². The highest BCUT2D eigenvalue weighted by molar-refractivity contribution is 7.13. The Kier molecular flexibility index (Phi) is 6.03. The molecule has 2 heterocycles. The third kappa shape index (κ3) is 4.77. The summed E-state index contributed by atoms with van der Waals surface area (Å²) in [5.74, 6) is -2.06. The molecule has 3 aromatic rings. The van der Waals surface area contributed by atoms with Gasteiger partial charge in [0.1, 0.15) is 16.6 Å². The van der Waals surface area contributed by atoms with Gasteiger partial charge in [-0.15, -0.1) is 10.2 Å². The summed E-state index contributed by atoms with van der Waals surface area (Å²) in [5.41, 5.74) is 1.60. The molecule has 1 saturated heterocycles. The fourth-order valence-corrected chi connectivity index (χ4v) is 4.46. The van der Waals surface area contributed by atoms with Crippen molar-refractivity contribution in [2.24, 2.45) is 0 Å². The lowest BCUT2D eigenvalue weighted by molar-refractivity contribution is 0.0712. The number of hydrogen-bond donors (Lipinski definition) is 1. The second-order valence-electron chi connectivity index (χ2n) is 7.46. The molecule has 9 heteroatoms. The van der Waals surface area contributed by atoms with Crippen LogP contribution < -0.4 is 5.32 Å². The van der Waals surface area contributed by atoms with E-state index in [-0.39, 0.29) is 22.5 Å². The minimum absolute atomic E-state index is 0.0146. The van der Waals surface area contributed by atoms with Crippen LogP contribution in [-0.4, -0.2) is 40.0 Å². The fraction of sp³-hybridized carbons (Fsp3) is 0.273. The highest BCUT2D eigenvalue weighted by Crippen LogP contribution is 2.31. The minimum atomic E-state index is -0.858. The third-order valence-corrected chi connectivity index (χ3v) is 6.30. The monoisotopic (exact) mass is 442 g/mol. The molecule has 0 saturated carbocycles. The number of carbonyl (C=O) groups excluding carboxylic acids is 2. The normalized spacial score (nSPS) is 14.5. The van der Waals surface area contributed by atoms with Crippen molar-refractivity contribution < 1.29 is 18.4 Å². The van der Waals surface area contributed by atoms with Crippen molar-refractivity contribution in [3.05, 3.63) is 75.2 Å². The number of benzene rings is 2. The van der Waals surface area contributed by atoms with Gasteiger partial charge in [-0.2, -0.15) is 0 Å². The van der Waals surface area contributed by atoms with Gasteiger partial charge in [0.25, 0.3) is 11.8 Å². The number of rotatable bonds is 4. The maximum atomic E-state index is 13.7. The highest BCUT2D eigenvalue weighted by Gasteiger charge is 2.27. The van der Waals surface area contributed by atoms with Crippen molar-refractivity contribution in [3.8, 4) is 0 Å². The summed E-state index contributed by atoms with van der Waals surface area (Å²) in [5, 5.41) is 11.3. The van der Waals surface area contributed by atoms with E-state index in [0.717, 1.165) is 41.9 Å². The topological polar surface area (TPSA) is 75.2 Å². The Morgan fingerprint density at radius 2 is 1.87 bits per heavy atom. The van der Waals surface area contributed by atoms with Crippen molar-refractivity contribution in [1.29, 1.82) is 0 Å². The number of aromatic nitrogens is 2. The van der Waals surface area contributed by atoms with E-state index in [1.54, 1.807) is 0 Å². The number of likely N-dealkylation sites (tertiary alicyclic amines) is 1. The van der Waals surface area contributed by atoms with E-state index in [4.69, 9.17) is 0 Å². The zero-order valence-electron chi connectivity index (χ0n) is 16.8. The van der Waals surface area contributed by atoms with E-state index < -0.39 is 17.5 Å². The average molecular weight is 442 g/mol. The Bertz CT molecular complexity index is 1130. The van der Waals surface area contributed by atoms with Crippen LogP contribution in [0.25, 0.3) is 0 Å². The molecule has 1 aliphatic heterocycles. The molecule has 0 spiro atoms. The molecule has 0 radical (unpaired) electrons. The molecule has 1 aliphatic rings. The van der Waals surface area contributed by atoms with E-state index >= 15 is 0 Å². The Morgan fingerprint density at radius 1 is 1.10 bits per heavy atom. The molecule has 0 unspecified atom stereocenters. The fourth-order valence-electron chi connectivity index (χ4n) is 3.55. The lowest BCUT2D eigenvalue weighted by Gasteiger charge is -2.31. The number of nitrogens with zero attached hydrogens (tertiary/aromatic N) is 3. The van der Waals surface area contributed by atoms with Crippen LogP contribution in [0.1, 0.15) is 49.5 Å². The predicted octanol–water partition coefficient (Wildman–Crippen LogP) is 4.40. The number of hydrogen-bond acceptors (Lipinski definition) is 5. The highest BCUT2D eigenvalue weighted by atomic mass is 32.1. The van der Waals surface area contributed by atoms with Crippen LogP contribution in [0.2, 0.25) is 0 Å². The van der Waals surface area contributed by atoms with Gasteiger partial charge in [-0.1, -0.05) is 29.0 Å². The van der Waals surface area contributed by atoms with Crippen LogP contribution in [0, 0.1) is 18.6 Å². The van der Waals surface area contributed by atoms with Crippen LogP contribution in [0.15, 0.2) is 42.5 Å².